The van der Waals surface area contributed by atoms with E-state index in [1.807, 2.05) is 18.2 Å². The number of hydrogen-bond acceptors (Lipinski definition) is 3. The maximum Gasteiger partial charge on any atom is 0.118 e. The summed E-state index contributed by atoms with van der Waals surface area (Å²) in [4.78, 5) is 2.38. The molecule has 0 radical (unpaired) electrons. The Morgan fingerprint density at radius 3 is 2.67 bits per heavy atom. The molecule has 116 valence electrons. The first kappa shape index (κ1) is 16.1. The van der Waals surface area contributed by atoms with Gasteiger partial charge in [0, 0.05) is 19.6 Å². The van der Waals surface area contributed by atoms with Crippen molar-refractivity contribution in [3.05, 3.63) is 42.5 Å². The highest BCUT2D eigenvalue weighted by molar-refractivity contribution is 5.27. The van der Waals surface area contributed by atoms with E-state index in [1.54, 1.807) is 7.11 Å². The van der Waals surface area contributed by atoms with Gasteiger partial charge in [0.25, 0.3) is 0 Å². The summed E-state index contributed by atoms with van der Waals surface area (Å²) in [6.45, 7) is 6.45. The van der Waals surface area contributed by atoms with Crippen molar-refractivity contribution in [1.82, 2.24) is 4.90 Å². The second-order valence-electron chi connectivity index (χ2n) is 6.01. The zero-order valence-corrected chi connectivity index (χ0v) is 13.0. The predicted molar refractivity (Wildman–Crippen MR) is 86.4 cm³/mol. The van der Waals surface area contributed by atoms with Gasteiger partial charge in [-0.05, 0) is 49.3 Å². The number of aliphatic hydroxyl groups is 1. The zero-order chi connectivity index (χ0) is 15.1. The molecule has 0 aliphatic heterocycles. The van der Waals surface area contributed by atoms with Crippen LogP contribution in [0.1, 0.15) is 31.2 Å². The summed E-state index contributed by atoms with van der Waals surface area (Å²) in [5.41, 5.74) is 1.27. The van der Waals surface area contributed by atoms with Gasteiger partial charge in [-0.2, -0.15) is 0 Å². The number of nitrogens with zero attached hydrogens (tertiary/aromatic N) is 1. The number of benzene rings is 1. The highest BCUT2D eigenvalue weighted by Gasteiger charge is 2.25. The SMILES string of the molecule is C=CCC[C@@H](O)CN(Cc1ccc(OC)cc1)CC1CC1. The summed E-state index contributed by atoms with van der Waals surface area (Å²) < 4.78 is 5.19. The summed E-state index contributed by atoms with van der Waals surface area (Å²) in [7, 11) is 1.68. The Labute approximate surface area is 128 Å². The Morgan fingerprint density at radius 1 is 1.38 bits per heavy atom. The molecule has 0 amide bonds. The van der Waals surface area contributed by atoms with Crippen LogP contribution in [0.5, 0.6) is 5.75 Å². The van der Waals surface area contributed by atoms with E-state index < -0.39 is 0 Å². The van der Waals surface area contributed by atoms with Gasteiger partial charge in [-0.1, -0.05) is 18.2 Å². The minimum atomic E-state index is -0.264. The van der Waals surface area contributed by atoms with Gasteiger partial charge in [0.05, 0.1) is 13.2 Å². The number of hydrogen-bond donors (Lipinski definition) is 1. The summed E-state index contributed by atoms with van der Waals surface area (Å²) in [6, 6.07) is 8.21. The Bertz CT molecular complexity index is 425. The fourth-order valence-electron chi connectivity index (χ4n) is 2.56. The molecular formula is C18H27NO2. The van der Waals surface area contributed by atoms with Gasteiger partial charge in [0.15, 0.2) is 0 Å². The second kappa shape index (κ2) is 8.20. The molecule has 1 N–H and O–H groups in total. The second-order valence-corrected chi connectivity index (χ2v) is 6.01. The summed E-state index contributed by atoms with van der Waals surface area (Å²) in [5.74, 6) is 1.72. The number of ether oxygens (including phenoxy) is 1. The van der Waals surface area contributed by atoms with Crippen LogP contribution in [0, 0.1) is 5.92 Å². The summed E-state index contributed by atoms with van der Waals surface area (Å²) >= 11 is 0. The van der Waals surface area contributed by atoms with Crippen LogP contribution in [-0.2, 0) is 6.54 Å². The van der Waals surface area contributed by atoms with E-state index in [-0.39, 0.29) is 6.10 Å². The molecule has 2 rings (SSSR count). The number of aliphatic hydroxyl groups excluding tert-OH is 1. The van der Waals surface area contributed by atoms with E-state index in [2.05, 4.69) is 23.6 Å². The van der Waals surface area contributed by atoms with Gasteiger partial charge >= 0.3 is 0 Å². The van der Waals surface area contributed by atoms with E-state index in [0.717, 1.165) is 44.1 Å². The maximum atomic E-state index is 10.1. The Hall–Kier alpha value is -1.32. The van der Waals surface area contributed by atoms with Crippen LogP contribution in [-0.4, -0.2) is 36.3 Å². The fraction of sp³-hybridized carbons (Fsp3) is 0.556. The van der Waals surface area contributed by atoms with E-state index in [9.17, 15) is 5.11 Å². The van der Waals surface area contributed by atoms with Gasteiger partial charge in [0.1, 0.15) is 5.75 Å². The molecule has 1 aliphatic carbocycles. The average Bonchev–Trinajstić information content (AvgIpc) is 3.30. The van der Waals surface area contributed by atoms with Crippen LogP contribution in [0.2, 0.25) is 0 Å². The molecule has 0 bridgehead atoms. The molecule has 1 aromatic rings. The van der Waals surface area contributed by atoms with Crippen LogP contribution in [0.4, 0.5) is 0 Å². The van der Waals surface area contributed by atoms with Gasteiger partial charge in [-0.25, -0.2) is 0 Å². The third-order valence-corrected chi connectivity index (χ3v) is 3.95. The van der Waals surface area contributed by atoms with Crippen molar-refractivity contribution >= 4 is 0 Å². The molecule has 3 heteroatoms. The molecule has 1 atom stereocenters. The topological polar surface area (TPSA) is 32.7 Å². The first-order valence-electron chi connectivity index (χ1n) is 7.85. The predicted octanol–water partition coefficient (Wildman–Crippen LogP) is 3.23. The van der Waals surface area contributed by atoms with Gasteiger partial charge < -0.3 is 9.84 Å². The molecule has 0 aromatic heterocycles. The van der Waals surface area contributed by atoms with Crippen molar-refractivity contribution in [1.29, 1.82) is 0 Å². The van der Waals surface area contributed by atoms with Crippen LogP contribution < -0.4 is 4.74 Å². The standard InChI is InChI=1S/C18H27NO2/c1-3-4-5-17(20)14-19(12-15-6-7-15)13-16-8-10-18(21-2)11-9-16/h3,8-11,15,17,20H,1,4-7,12-14H2,2H3/t17-/m1/s1. The molecule has 21 heavy (non-hydrogen) atoms. The van der Waals surface area contributed by atoms with Crippen molar-refractivity contribution in [3.63, 3.8) is 0 Å². The molecule has 1 aliphatic rings. The number of rotatable bonds is 10. The van der Waals surface area contributed by atoms with Gasteiger partial charge in [0.2, 0.25) is 0 Å². The van der Waals surface area contributed by atoms with Crippen molar-refractivity contribution in [3.8, 4) is 5.75 Å². The number of allylic oxidation sites excluding steroid dienone is 1. The highest BCUT2D eigenvalue weighted by atomic mass is 16.5. The first-order chi connectivity index (χ1) is 10.2. The Morgan fingerprint density at radius 2 is 2.10 bits per heavy atom. The molecule has 1 fully saturated rings. The van der Waals surface area contributed by atoms with Crippen molar-refractivity contribution in [2.45, 2.75) is 38.3 Å². The van der Waals surface area contributed by atoms with E-state index in [0.29, 0.717) is 0 Å². The lowest BCUT2D eigenvalue weighted by Crippen LogP contribution is -2.33. The Balaban J connectivity index is 1.89. The molecule has 3 nitrogen and oxygen atoms in total. The normalized spacial score (nSPS) is 16.0. The molecule has 0 unspecified atom stereocenters. The largest absolute Gasteiger partial charge is 0.497 e. The third-order valence-electron chi connectivity index (χ3n) is 3.95. The van der Waals surface area contributed by atoms with Gasteiger partial charge in [-0.15, -0.1) is 6.58 Å². The van der Waals surface area contributed by atoms with Crippen LogP contribution in [0.25, 0.3) is 0 Å². The maximum absolute atomic E-state index is 10.1. The summed E-state index contributed by atoms with van der Waals surface area (Å²) in [6.07, 6.45) is 5.95. The van der Waals surface area contributed by atoms with Crippen molar-refractivity contribution in [2.24, 2.45) is 5.92 Å². The molecule has 0 saturated heterocycles. The van der Waals surface area contributed by atoms with Crippen LogP contribution >= 0.6 is 0 Å². The Kier molecular flexibility index (Phi) is 6.27. The lowest BCUT2D eigenvalue weighted by Gasteiger charge is -2.25. The molecular weight excluding hydrogens is 262 g/mol. The fourth-order valence-corrected chi connectivity index (χ4v) is 2.56. The lowest BCUT2D eigenvalue weighted by molar-refractivity contribution is 0.0996. The van der Waals surface area contributed by atoms with Crippen LogP contribution in [0.3, 0.4) is 0 Å². The minimum absolute atomic E-state index is 0.264. The zero-order valence-electron chi connectivity index (χ0n) is 13.0. The minimum Gasteiger partial charge on any atom is -0.497 e. The highest BCUT2D eigenvalue weighted by Crippen LogP contribution is 2.30. The molecule has 0 heterocycles. The molecule has 0 spiro atoms. The van der Waals surface area contributed by atoms with E-state index in [4.69, 9.17) is 4.74 Å². The smallest absolute Gasteiger partial charge is 0.118 e. The summed E-state index contributed by atoms with van der Waals surface area (Å²) in [5, 5.41) is 10.1. The number of methoxy groups -OCH3 is 1. The lowest BCUT2D eigenvalue weighted by atomic mass is 10.1. The van der Waals surface area contributed by atoms with Crippen molar-refractivity contribution < 1.29 is 9.84 Å². The van der Waals surface area contributed by atoms with E-state index >= 15 is 0 Å². The van der Waals surface area contributed by atoms with Crippen LogP contribution in [0.15, 0.2) is 36.9 Å². The first-order valence-corrected chi connectivity index (χ1v) is 7.85. The molecule has 1 aromatic carbocycles. The monoisotopic (exact) mass is 289 g/mol. The molecule has 1 saturated carbocycles. The van der Waals surface area contributed by atoms with E-state index in [1.165, 1.54) is 18.4 Å². The quantitative estimate of drug-likeness (QED) is 0.671. The van der Waals surface area contributed by atoms with Gasteiger partial charge in [-0.3, -0.25) is 4.90 Å². The average molecular weight is 289 g/mol. The van der Waals surface area contributed by atoms with Crippen molar-refractivity contribution in [2.75, 3.05) is 20.2 Å². The third kappa shape index (κ3) is 5.90.